The Hall–Kier alpha value is -3.45. The van der Waals surface area contributed by atoms with Crippen LogP contribution >= 0.6 is 0 Å². The van der Waals surface area contributed by atoms with Crippen molar-refractivity contribution < 1.29 is 13.9 Å². The minimum Gasteiger partial charge on any atom is -0.456 e. The summed E-state index contributed by atoms with van der Waals surface area (Å²) in [5, 5.41) is 0. The van der Waals surface area contributed by atoms with Crippen molar-refractivity contribution in [2.45, 2.75) is 25.3 Å². The largest absolute Gasteiger partial charge is 0.456 e. The molecule has 5 rings (SSSR count). The van der Waals surface area contributed by atoms with Gasteiger partial charge in [-0.05, 0) is 37.1 Å². The molecule has 1 aliphatic heterocycles. The third kappa shape index (κ3) is 3.72. The third-order valence-electron chi connectivity index (χ3n) is 5.59. The molecule has 0 bridgehead atoms. The summed E-state index contributed by atoms with van der Waals surface area (Å²) in [6, 6.07) is 17.1. The van der Waals surface area contributed by atoms with E-state index in [9.17, 15) is 9.18 Å². The molecule has 0 radical (unpaired) electrons. The van der Waals surface area contributed by atoms with E-state index in [0.717, 1.165) is 36.3 Å². The minimum atomic E-state index is -1.64. The summed E-state index contributed by atoms with van der Waals surface area (Å²) in [5.74, 6) is 1.08. The quantitative estimate of drug-likeness (QED) is 0.474. The topological polar surface area (TPSA) is 58.3 Å². The zero-order valence-electron chi connectivity index (χ0n) is 17.1. The SMILES string of the molecule is Cn1c(C2CCCO2)nc2ccc(-n3ccc(OC(F)c4ccccc4)cc3=O)cc21. The van der Waals surface area contributed by atoms with Crippen molar-refractivity contribution in [2.24, 2.45) is 7.05 Å². The Morgan fingerprint density at radius 1 is 1.16 bits per heavy atom. The maximum Gasteiger partial charge on any atom is 0.264 e. The Kier molecular flexibility index (Phi) is 5.03. The maximum absolute atomic E-state index is 14.4. The minimum absolute atomic E-state index is 0.0123. The van der Waals surface area contributed by atoms with Crippen molar-refractivity contribution in [1.82, 2.24) is 14.1 Å². The number of aryl methyl sites for hydroxylation is 1. The number of nitrogens with zero attached hydrogens (tertiary/aromatic N) is 3. The highest BCUT2D eigenvalue weighted by atomic mass is 19.1. The molecule has 0 amide bonds. The molecule has 2 aromatic heterocycles. The van der Waals surface area contributed by atoms with Gasteiger partial charge in [0, 0.05) is 31.5 Å². The van der Waals surface area contributed by atoms with Crippen molar-refractivity contribution in [3.63, 3.8) is 0 Å². The molecule has 0 aliphatic carbocycles. The zero-order valence-corrected chi connectivity index (χ0v) is 17.1. The van der Waals surface area contributed by atoms with Crippen LogP contribution in [0.25, 0.3) is 16.7 Å². The highest BCUT2D eigenvalue weighted by Crippen LogP contribution is 2.30. The molecule has 0 N–H and O–H groups in total. The van der Waals surface area contributed by atoms with E-state index in [1.165, 1.54) is 10.6 Å². The Morgan fingerprint density at radius 2 is 2.00 bits per heavy atom. The van der Waals surface area contributed by atoms with Crippen LogP contribution in [0.5, 0.6) is 5.75 Å². The molecule has 158 valence electrons. The molecular weight excluding hydrogens is 397 g/mol. The van der Waals surface area contributed by atoms with Crippen LogP contribution in [0.4, 0.5) is 4.39 Å². The van der Waals surface area contributed by atoms with Gasteiger partial charge in [0.15, 0.2) is 0 Å². The summed E-state index contributed by atoms with van der Waals surface area (Å²) in [7, 11) is 1.96. The van der Waals surface area contributed by atoms with Gasteiger partial charge in [-0.25, -0.2) is 4.98 Å². The van der Waals surface area contributed by atoms with Crippen molar-refractivity contribution in [3.05, 3.63) is 88.6 Å². The average Bonchev–Trinajstić information content (AvgIpc) is 3.42. The van der Waals surface area contributed by atoms with Crippen LogP contribution in [0.15, 0.2) is 71.7 Å². The number of imidazole rings is 1. The summed E-state index contributed by atoms with van der Waals surface area (Å²) in [6.07, 6.45) is 1.96. The van der Waals surface area contributed by atoms with Crippen LogP contribution in [-0.4, -0.2) is 20.7 Å². The summed E-state index contributed by atoms with van der Waals surface area (Å²) in [4.78, 5) is 17.4. The standard InChI is InChI=1S/C24H22FN3O3/c1-27-20-14-17(9-10-19(20)26-24(27)21-8-5-13-30-21)28-12-11-18(15-22(28)29)31-23(25)16-6-3-2-4-7-16/h2-4,6-7,9-12,14-15,21,23H,5,8,13H2,1H3. The fourth-order valence-electron chi connectivity index (χ4n) is 3.96. The Morgan fingerprint density at radius 3 is 2.74 bits per heavy atom. The fourth-order valence-corrected chi connectivity index (χ4v) is 3.96. The number of aromatic nitrogens is 3. The van der Waals surface area contributed by atoms with E-state index in [1.54, 1.807) is 42.6 Å². The second-order valence-corrected chi connectivity index (χ2v) is 7.62. The lowest BCUT2D eigenvalue weighted by Crippen LogP contribution is -2.17. The van der Waals surface area contributed by atoms with Gasteiger partial charge in [0.1, 0.15) is 17.7 Å². The highest BCUT2D eigenvalue weighted by Gasteiger charge is 2.23. The molecule has 2 unspecified atom stereocenters. The number of rotatable bonds is 5. The van der Waals surface area contributed by atoms with Crippen molar-refractivity contribution in [1.29, 1.82) is 0 Å². The number of alkyl halides is 1. The molecule has 0 spiro atoms. The van der Waals surface area contributed by atoms with Gasteiger partial charge in [-0.15, -0.1) is 0 Å². The lowest BCUT2D eigenvalue weighted by atomic mass is 10.2. The number of hydrogen-bond donors (Lipinski definition) is 0. The third-order valence-corrected chi connectivity index (χ3v) is 5.59. The van der Waals surface area contributed by atoms with E-state index in [2.05, 4.69) is 0 Å². The highest BCUT2D eigenvalue weighted by molar-refractivity contribution is 5.78. The molecule has 1 saturated heterocycles. The lowest BCUT2D eigenvalue weighted by molar-refractivity contribution is 0.0669. The summed E-state index contributed by atoms with van der Waals surface area (Å²) >= 11 is 0. The predicted molar refractivity (Wildman–Crippen MR) is 115 cm³/mol. The van der Waals surface area contributed by atoms with Crippen LogP contribution in [0.1, 0.15) is 36.7 Å². The van der Waals surface area contributed by atoms with E-state index in [4.69, 9.17) is 14.5 Å². The number of halogens is 1. The van der Waals surface area contributed by atoms with E-state index in [0.29, 0.717) is 11.3 Å². The van der Waals surface area contributed by atoms with Gasteiger partial charge in [0.05, 0.1) is 16.7 Å². The first-order valence-corrected chi connectivity index (χ1v) is 10.3. The average molecular weight is 419 g/mol. The molecule has 31 heavy (non-hydrogen) atoms. The van der Waals surface area contributed by atoms with Crippen molar-refractivity contribution in [3.8, 4) is 11.4 Å². The smallest absolute Gasteiger partial charge is 0.264 e. The molecule has 2 atom stereocenters. The molecular formula is C24H22FN3O3. The first kappa shape index (κ1) is 19.5. The first-order valence-electron chi connectivity index (χ1n) is 10.3. The molecule has 7 heteroatoms. The van der Waals surface area contributed by atoms with Crippen LogP contribution in [0.2, 0.25) is 0 Å². The van der Waals surface area contributed by atoms with Crippen LogP contribution < -0.4 is 10.3 Å². The predicted octanol–water partition coefficient (Wildman–Crippen LogP) is 4.62. The Bertz CT molecular complexity index is 1280. The van der Waals surface area contributed by atoms with Gasteiger partial charge in [0.25, 0.3) is 11.9 Å². The molecule has 1 aliphatic rings. The van der Waals surface area contributed by atoms with Crippen LogP contribution in [0, 0.1) is 0 Å². The monoisotopic (exact) mass is 419 g/mol. The summed E-state index contributed by atoms with van der Waals surface area (Å²) in [6.45, 7) is 0.757. The number of ether oxygens (including phenoxy) is 2. The first-order chi connectivity index (χ1) is 15.1. The van der Waals surface area contributed by atoms with Gasteiger partial charge < -0.3 is 14.0 Å². The fraction of sp³-hybridized carbons (Fsp3) is 0.250. The summed E-state index contributed by atoms with van der Waals surface area (Å²) in [5.41, 5.74) is 2.57. The molecule has 4 aromatic rings. The number of benzene rings is 2. The number of hydrogen-bond acceptors (Lipinski definition) is 4. The zero-order chi connectivity index (χ0) is 21.4. The molecule has 1 fully saturated rings. The molecule has 0 saturated carbocycles. The summed E-state index contributed by atoms with van der Waals surface area (Å²) < 4.78 is 29.0. The van der Waals surface area contributed by atoms with Crippen LogP contribution in [-0.2, 0) is 11.8 Å². The van der Waals surface area contributed by atoms with E-state index in [1.807, 2.05) is 29.8 Å². The second-order valence-electron chi connectivity index (χ2n) is 7.62. The van der Waals surface area contributed by atoms with Gasteiger partial charge >= 0.3 is 0 Å². The number of pyridine rings is 1. The van der Waals surface area contributed by atoms with E-state index >= 15 is 0 Å². The van der Waals surface area contributed by atoms with Gasteiger partial charge in [-0.2, -0.15) is 4.39 Å². The van der Waals surface area contributed by atoms with Gasteiger partial charge in [-0.1, -0.05) is 30.3 Å². The number of fused-ring (bicyclic) bond motifs is 1. The van der Waals surface area contributed by atoms with Gasteiger partial charge in [0.2, 0.25) is 0 Å². The molecule has 2 aromatic carbocycles. The molecule has 3 heterocycles. The van der Waals surface area contributed by atoms with Crippen molar-refractivity contribution >= 4 is 11.0 Å². The van der Waals surface area contributed by atoms with E-state index < -0.39 is 6.36 Å². The van der Waals surface area contributed by atoms with E-state index in [-0.39, 0.29) is 17.4 Å². The lowest BCUT2D eigenvalue weighted by Gasteiger charge is -2.13. The van der Waals surface area contributed by atoms with Gasteiger partial charge in [-0.3, -0.25) is 9.36 Å². The van der Waals surface area contributed by atoms with Crippen LogP contribution in [0.3, 0.4) is 0 Å². The Labute approximate surface area is 178 Å². The Balaban J connectivity index is 1.43. The normalized spacial score (nSPS) is 17.2. The second kappa shape index (κ2) is 8.00. The molecule has 6 nitrogen and oxygen atoms in total. The van der Waals surface area contributed by atoms with Crippen molar-refractivity contribution in [2.75, 3.05) is 6.61 Å². The maximum atomic E-state index is 14.4.